The fourth-order valence-electron chi connectivity index (χ4n) is 4.86. The van der Waals surface area contributed by atoms with Gasteiger partial charge in [0.15, 0.2) is 5.75 Å². The molecular weight excluding hydrogens is 540 g/mol. The van der Waals surface area contributed by atoms with Crippen molar-refractivity contribution in [3.63, 3.8) is 0 Å². The van der Waals surface area contributed by atoms with Gasteiger partial charge in [0.05, 0.1) is 11.6 Å². The number of nitrogens with two attached hydrogens (primary N) is 1. The summed E-state index contributed by atoms with van der Waals surface area (Å²) in [7, 11) is 0. The average Bonchev–Trinajstić information content (AvgIpc) is 3.27. The maximum absolute atomic E-state index is 12.8. The summed E-state index contributed by atoms with van der Waals surface area (Å²) < 4.78 is 7.83. The molecule has 3 rings (SSSR count). The van der Waals surface area contributed by atoms with E-state index in [1.807, 2.05) is 55.6 Å². The molecule has 0 radical (unpaired) electrons. The third-order valence-electron chi connectivity index (χ3n) is 7.54. The summed E-state index contributed by atoms with van der Waals surface area (Å²) >= 11 is 0. The van der Waals surface area contributed by atoms with Gasteiger partial charge in [0.1, 0.15) is 0 Å². The number of para-hydroxylation sites is 1. The van der Waals surface area contributed by atoms with Crippen LogP contribution in [-0.2, 0) is 11.3 Å². The van der Waals surface area contributed by atoms with E-state index in [1.54, 1.807) is 0 Å². The van der Waals surface area contributed by atoms with Crippen LogP contribution < -0.4 is 21.1 Å². The molecule has 226 valence electrons. The molecule has 9 heteroatoms. The predicted molar refractivity (Wildman–Crippen MR) is 167 cm³/mol. The van der Waals surface area contributed by atoms with Crippen LogP contribution in [0.2, 0.25) is 0 Å². The molecule has 0 saturated heterocycles. The molecule has 1 heterocycles. The first kappa shape index (κ1) is 34.1. The molecule has 2 amide bonds. The molecule has 0 aliphatic carbocycles. The summed E-state index contributed by atoms with van der Waals surface area (Å²) in [6.07, 6.45) is 3.28. The van der Waals surface area contributed by atoms with Crippen LogP contribution in [0, 0.1) is 17.8 Å². The van der Waals surface area contributed by atoms with Crippen LogP contribution in [-0.4, -0.2) is 46.9 Å². The lowest BCUT2D eigenvalue weighted by molar-refractivity contribution is -0.125. The van der Waals surface area contributed by atoms with Crippen molar-refractivity contribution in [3.8, 4) is 5.75 Å². The smallest absolute Gasteiger partial charge is 0.408 e. The first-order valence-corrected chi connectivity index (χ1v) is 14.5. The molecule has 3 aromatic rings. The molecule has 0 saturated carbocycles. The van der Waals surface area contributed by atoms with E-state index in [2.05, 4.69) is 48.1 Å². The van der Waals surface area contributed by atoms with Crippen LogP contribution in [0.1, 0.15) is 58.9 Å². The van der Waals surface area contributed by atoms with Crippen molar-refractivity contribution in [2.45, 2.75) is 72.1 Å². The van der Waals surface area contributed by atoms with E-state index in [4.69, 9.17) is 10.5 Å². The number of nitrogens with one attached hydrogen (secondary N) is 2. The van der Waals surface area contributed by atoms with E-state index < -0.39 is 18.2 Å². The maximum atomic E-state index is 12.8. The van der Waals surface area contributed by atoms with Gasteiger partial charge in [0.25, 0.3) is 0 Å². The number of nitrogens with zero attached hydrogens (tertiary/aromatic N) is 1. The van der Waals surface area contributed by atoms with E-state index in [0.29, 0.717) is 38.2 Å². The number of rotatable bonds is 15. The molecule has 2 aromatic carbocycles. The molecule has 0 fully saturated rings. The summed E-state index contributed by atoms with van der Waals surface area (Å²) in [6.45, 7) is 9.70. The number of carbonyl (C=O) groups excluding carboxylic acids is 2. The Morgan fingerprint density at radius 1 is 1.00 bits per heavy atom. The zero-order valence-electron chi connectivity index (χ0n) is 24.7. The summed E-state index contributed by atoms with van der Waals surface area (Å²) in [4.78, 5) is 25.1. The minimum atomic E-state index is -0.809. The van der Waals surface area contributed by atoms with Crippen LogP contribution >= 0.6 is 12.4 Å². The second-order valence-corrected chi connectivity index (χ2v) is 11.1. The van der Waals surface area contributed by atoms with Crippen molar-refractivity contribution < 1.29 is 19.4 Å². The summed E-state index contributed by atoms with van der Waals surface area (Å²) in [5.74, 6) is 0.372. The molecule has 0 aliphatic rings. The Morgan fingerprint density at radius 3 is 2.37 bits per heavy atom. The first-order valence-electron chi connectivity index (χ1n) is 14.5. The highest BCUT2D eigenvalue weighted by Crippen LogP contribution is 2.29. The van der Waals surface area contributed by atoms with Gasteiger partial charge in [-0.15, -0.1) is 12.4 Å². The van der Waals surface area contributed by atoms with Gasteiger partial charge in [-0.05, 0) is 48.8 Å². The largest absolute Gasteiger partial charge is 0.412 e. The highest BCUT2D eigenvalue weighted by atomic mass is 35.5. The molecule has 1 aromatic heterocycles. The number of unbranched alkanes of at least 4 members (excludes halogenated alkanes) is 1. The Morgan fingerprint density at radius 2 is 1.68 bits per heavy atom. The highest BCUT2D eigenvalue weighted by Gasteiger charge is 2.26. The van der Waals surface area contributed by atoms with Crippen molar-refractivity contribution in [1.29, 1.82) is 0 Å². The molecule has 0 unspecified atom stereocenters. The Labute approximate surface area is 250 Å². The molecule has 41 heavy (non-hydrogen) atoms. The third kappa shape index (κ3) is 10.4. The lowest BCUT2D eigenvalue weighted by Gasteiger charge is -2.28. The predicted octanol–water partition coefficient (Wildman–Crippen LogP) is 5.49. The Balaban J connectivity index is 0.00000588. The van der Waals surface area contributed by atoms with Crippen molar-refractivity contribution in [2.24, 2.45) is 23.5 Å². The normalized spacial score (nSPS) is 14.1. The standard InChI is InChI=1S/C32H46N4O4.ClH/c1-5-6-16-34-31(38)23(4)17-29(37)27(33)18-25(22(2)3)19-35-32(39)40-30-21-36(20-24-12-8-7-9-13-24)28-15-11-10-14-26(28)30;/h7-15,21-23,25,27,29,37H,5-6,16-20,33H2,1-4H3,(H,34,38)(H,35,39);1H/t23-,25+,27+,29+;/m1./s1. The third-order valence-corrected chi connectivity index (χ3v) is 7.54. The van der Waals surface area contributed by atoms with Crippen LogP contribution in [0.15, 0.2) is 60.8 Å². The van der Waals surface area contributed by atoms with E-state index >= 15 is 0 Å². The molecule has 5 N–H and O–H groups in total. The fourth-order valence-corrected chi connectivity index (χ4v) is 4.86. The number of hydrogen-bond donors (Lipinski definition) is 4. The molecule has 4 atom stereocenters. The van der Waals surface area contributed by atoms with Gasteiger partial charge in [-0.1, -0.05) is 76.6 Å². The second kappa shape index (κ2) is 17.0. The second-order valence-electron chi connectivity index (χ2n) is 11.1. The quantitative estimate of drug-likeness (QED) is 0.176. The minimum absolute atomic E-state index is 0. The van der Waals surface area contributed by atoms with Gasteiger partial charge in [0, 0.05) is 43.2 Å². The Kier molecular flexibility index (Phi) is 14.2. The molecule has 8 nitrogen and oxygen atoms in total. The maximum Gasteiger partial charge on any atom is 0.412 e. The number of hydrogen-bond acceptors (Lipinski definition) is 5. The van der Waals surface area contributed by atoms with Crippen molar-refractivity contribution >= 4 is 35.3 Å². The topological polar surface area (TPSA) is 119 Å². The van der Waals surface area contributed by atoms with Crippen molar-refractivity contribution in [2.75, 3.05) is 13.1 Å². The number of aliphatic hydroxyl groups excluding tert-OH is 1. The zero-order valence-corrected chi connectivity index (χ0v) is 25.5. The number of aromatic nitrogens is 1. The molecular formula is C32H47ClN4O4. The van der Waals surface area contributed by atoms with Crippen LogP contribution in [0.4, 0.5) is 4.79 Å². The summed E-state index contributed by atoms with van der Waals surface area (Å²) in [6, 6.07) is 17.5. The lowest BCUT2D eigenvalue weighted by Crippen LogP contribution is -2.43. The van der Waals surface area contributed by atoms with Crippen LogP contribution in [0.25, 0.3) is 10.9 Å². The first-order chi connectivity index (χ1) is 19.2. The van der Waals surface area contributed by atoms with E-state index in [0.717, 1.165) is 29.3 Å². The Hall–Kier alpha value is -3.07. The van der Waals surface area contributed by atoms with Gasteiger partial charge in [-0.3, -0.25) is 4.79 Å². The SMILES string of the molecule is CCCCNC(=O)[C@H](C)C[C@H](O)[C@@H](N)C[C@@H](CNC(=O)Oc1cn(Cc2ccccc2)c2ccccc12)C(C)C.Cl. The highest BCUT2D eigenvalue weighted by molar-refractivity contribution is 5.89. The lowest BCUT2D eigenvalue weighted by atomic mass is 9.86. The van der Waals surface area contributed by atoms with E-state index in [9.17, 15) is 14.7 Å². The number of carbonyl (C=O) groups is 2. The molecule has 0 bridgehead atoms. The number of halogens is 1. The van der Waals surface area contributed by atoms with Crippen LogP contribution in [0.5, 0.6) is 5.75 Å². The number of amides is 2. The average molecular weight is 587 g/mol. The van der Waals surface area contributed by atoms with E-state index in [1.165, 1.54) is 0 Å². The number of ether oxygens (including phenoxy) is 1. The number of benzene rings is 2. The zero-order chi connectivity index (χ0) is 29.1. The van der Waals surface area contributed by atoms with Gasteiger partial charge in [-0.25, -0.2) is 4.79 Å². The minimum Gasteiger partial charge on any atom is -0.408 e. The summed E-state index contributed by atoms with van der Waals surface area (Å²) in [5.41, 5.74) is 8.50. The van der Waals surface area contributed by atoms with Crippen molar-refractivity contribution in [3.05, 3.63) is 66.4 Å². The molecule has 0 spiro atoms. The summed E-state index contributed by atoms with van der Waals surface area (Å²) in [5, 5.41) is 17.4. The molecule has 0 aliphatic heterocycles. The Bertz CT molecular complexity index is 1220. The number of fused-ring (bicyclic) bond motifs is 1. The number of aliphatic hydroxyl groups is 1. The van der Waals surface area contributed by atoms with Gasteiger partial charge < -0.3 is 30.8 Å². The van der Waals surface area contributed by atoms with Gasteiger partial charge >= 0.3 is 6.09 Å². The fraction of sp³-hybridized carbons (Fsp3) is 0.500. The van der Waals surface area contributed by atoms with Crippen LogP contribution in [0.3, 0.4) is 0 Å². The van der Waals surface area contributed by atoms with Crippen molar-refractivity contribution in [1.82, 2.24) is 15.2 Å². The van der Waals surface area contributed by atoms with Gasteiger partial charge in [-0.2, -0.15) is 0 Å². The monoisotopic (exact) mass is 586 g/mol. The van der Waals surface area contributed by atoms with Gasteiger partial charge in [0.2, 0.25) is 5.91 Å². The van der Waals surface area contributed by atoms with E-state index in [-0.39, 0.29) is 36.1 Å².